The van der Waals surface area contributed by atoms with Crippen LogP contribution in [0, 0.1) is 0 Å². The van der Waals surface area contributed by atoms with Crippen molar-refractivity contribution in [3.63, 3.8) is 0 Å². The van der Waals surface area contributed by atoms with Crippen molar-refractivity contribution in [2.24, 2.45) is 0 Å². The summed E-state index contributed by atoms with van der Waals surface area (Å²) in [6.45, 7) is 2.61. The van der Waals surface area contributed by atoms with Gasteiger partial charge in [0.2, 0.25) is 11.8 Å². The standard InChI is InChI=1S/C18H23N3O4/c1-25-17(23)10-15-18(24)19-7-9-21(15)16(22)12-20-8-6-13-4-2-3-5-14(13)11-20/h2-5,15H,6-12H2,1H3,(H,19,24)/t15-/m1/s1. The van der Waals surface area contributed by atoms with Gasteiger partial charge in [-0.2, -0.15) is 0 Å². The lowest BCUT2D eigenvalue weighted by atomic mass is 10.00. The predicted octanol–water partition coefficient (Wildman–Crippen LogP) is -0.0652. The average molecular weight is 345 g/mol. The summed E-state index contributed by atoms with van der Waals surface area (Å²) in [6.07, 6.45) is 0.798. The Morgan fingerprint density at radius 2 is 2.00 bits per heavy atom. The van der Waals surface area contributed by atoms with Gasteiger partial charge in [-0.25, -0.2) is 0 Å². The number of carbonyl (C=O) groups is 3. The molecule has 134 valence electrons. The molecule has 2 aliphatic rings. The Morgan fingerprint density at radius 3 is 2.76 bits per heavy atom. The molecule has 0 spiro atoms. The van der Waals surface area contributed by atoms with E-state index in [2.05, 4.69) is 27.1 Å². The number of hydrogen-bond acceptors (Lipinski definition) is 5. The SMILES string of the molecule is COC(=O)C[C@@H]1C(=O)NCCN1C(=O)CN1CCc2ccccc2C1. The van der Waals surface area contributed by atoms with Crippen molar-refractivity contribution >= 4 is 17.8 Å². The van der Waals surface area contributed by atoms with E-state index in [0.717, 1.165) is 19.5 Å². The van der Waals surface area contributed by atoms with Gasteiger partial charge in [-0.15, -0.1) is 0 Å². The third-order valence-electron chi connectivity index (χ3n) is 4.81. The molecule has 0 bridgehead atoms. The van der Waals surface area contributed by atoms with Crippen molar-refractivity contribution in [2.75, 3.05) is 33.3 Å². The van der Waals surface area contributed by atoms with Crippen molar-refractivity contribution in [1.29, 1.82) is 0 Å². The van der Waals surface area contributed by atoms with Gasteiger partial charge in [0.25, 0.3) is 0 Å². The van der Waals surface area contributed by atoms with E-state index in [1.54, 1.807) is 0 Å². The highest BCUT2D eigenvalue weighted by Gasteiger charge is 2.35. The second-order valence-corrected chi connectivity index (χ2v) is 6.40. The molecular formula is C18H23N3O4. The summed E-state index contributed by atoms with van der Waals surface area (Å²) in [7, 11) is 1.28. The minimum atomic E-state index is -0.786. The molecule has 1 aromatic carbocycles. The van der Waals surface area contributed by atoms with E-state index in [1.165, 1.54) is 23.1 Å². The van der Waals surface area contributed by atoms with Crippen LogP contribution in [0.2, 0.25) is 0 Å². The minimum absolute atomic E-state index is 0.114. The highest BCUT2D eigenvalue weighted by molar-refractivity contribution is 5.92. The van der Waals surface area contributed by atoms with Crippen LogP contribution in [0.15, 0.2) is 24.3 Å². The molecule has 0 unspecified atom stereocenters. The first-order valence-corrected chi connectivity index (χ1v) is 8.51. The zero-order chi connectivity index (χ0) is 17.8. The van der Waals surface area contributed by atoms with Crippen molar-refractivity contribution < 1.29 is 19.1 Å². The molecule has 2 amide bonds. The second-order valence-electron chi connectivity index (χ2n) is 6.40. The number of ether oxygens (including phenoxy) is 1. The summed E-state index contributed by atoms with van der Waals surface area (Å²) in [5.41, 5.74) is 2.57. The van der Waals surface area contributed by atoms with E-state index in [0.29, 0.717) is 13.1 Å². The lowest BCUT2D eigenvalue weighted by Gasteiger charge is -2.36. The van der Waals surface area contributed by atoms with Gasteiger partial charge >= 0.3 is 5.97 Å². The lowest BCUT2D eigenvalue weighted by molar-refractivity contribution is -0.150. The Bertz CT molecular complexity index is 676. The molecule has 0 aliphatic carbocycles. The third kappa shape index (κ3) is 3.99. The van der Waals surface area contributed by atoms with E-state index in [9.17, 15) is 14.4 Å². The molecule has 1 fully saturated rings. The first-order valence-electron chi connectivity index (χ1n) is 8.51. The number of rotatable bonds is 4. The van der Waals surface area contributed by atoms with Gasteiger partial charge < -0.3 is 15.0 Å². The molecule has 0 radical (unpaired) electrons. The van der Waals surface area contributed by atoms with Gasteiger partial charge in [-0.05, 0) is 17.5 Å². The van der Waals surface area contributed by atoms with Crippen molar-refractivity contribution in [3.05, 3.63) is 35.4 Å². The molecule has 1 saturated heterocycles. The van der Waals surface area contributed by atoms with Crippen LogP contribution in [-0.2, 0) is 32.1 Å². The monoisotopic (exact) mass is 345 g/mol. The van der Waals surface area contributed by atoms with Crippen molar-refractivity contribution in [2.45, 2.75) is 25.4 Å². The molecule has 7 heteroatoms. The van der Waals surface area contributed by atoms with Gasteiger partial charge in [0.15, 0.2) is 0 Å². The van der Waals surface area contributed by atoms with E-state index >= 15 is 0 Å². The number of esters is 1. The number of amides is 2. The number of nitrogens with one attached hydrogen (secondary N) is 1. The Hall–Kier alpha value is -2.41. The van der Waals surface area contributed by atoms with Gasteiger partial charge in [-0.3, -0.25) is 19.3 Å². The number of fused-ring (bicyclic) bond motifs is 1. The molecule has 0 aromatic heterocycles. The smallest absolute Gasteiger partial charge is 0.308 e. The quantitative estimate of drug-likeness (QED) is 0.773. The molecular weight excluding hydrogens is 322 g/mol. The Morgan fingerprint density at radius 1 is 1.24 bits per heavy atom. The van der Waals surface area contributed by atoms with Crippen LogP contribution >= 0.6 is 0 Å². The molecule has 2 aliphatic heterocycles. The normalized spacial score (nSPS) is 20.6. The van der Waals surface area contributed by atoms with Gasteiger partial charge in [0.1, 0.15) is 6.04 Å². The number of methoxy groups -OCH3 is 1. The van der Waals surface area contributed by atoms with Crippen molar-refractivity contribution in [3.8, 4) is 0 Å². The molecule has 1 aromatic rings. The summed E-state index contributed by atoms with van der Waals surface area (Å²) in [5, 5.41) is 2.71. The summed E-state index contributed by atoms with van der Waals surface area (Å²) in [5.74, 6) is -0.913. The number of carbonyl (C=O) groups excluding carboxylic acids is 3. The minimum Gasteiger partial charge on any atom is -0.469 e. The fourth-order valence-electron chi connectivity index (χ4n) is 3.43. The fraction of sp³-hybridized carbons (Fsp3) is 0.500. The van der Waals surface area contributed by atoms with E-state index in [1.807, 2.05) is 12.1 Å². The second kappa shape index (κ2) is 7.65. The largest absolute Gasteiger partial charge is 0.469 e. The molecule has 1 atom stereocenters. The fourth-order valence-corrected chi connectivity index (χ4v) is 3.43. The topological polar surface area (TPSA) is 79.0 Å². The molecule has 25 heavy (non-hydrogen) atoms. The summed E-state index contributed by atoms with van der Waals surface area (Å²) < 4.78 is 4.65. The summed E-state index contributed by atoms with van der Waals surface area (Å²) >= 11 is 0. The number of hydrogen-bond donors (Lipinski definition) is 1. The molecule has 7 nitrogen and oxygen atoms in total. The van der Waals surface area contributed by atoms with Crippen LogP contribution in [0.3, 0.4) is 0 Å². The van der Waals surface area contributed by atoms with Crippen LogP contribution < -0.4 is 5.32 Å². The van der Waals surface area contributed by atoms with E-state index in [-0.39, 0.29) is 24.8 Å². The van der Waals surface area contributed by atoms with Crippen LogP contribution in [0.1, 0.15) is 17.5 Å². The van der Waals surface area contributed by atoms with Gasteiger partial charge in [0.05, 0.1) is 20.1 Å². The first kappa shape index (κ1) is 17.4. The number of piperazine rings is 1. The molecule has 1 N–H and O–H groups in total. The maximum absolute atomic E-state index is 12.8. The van der Waals surface area contributed by atoms with Crippen LogP contribution in [-0.4, -0.2) is 66.9 Å². The summed E-state index contributed by atoms with van der Waals surface area (Å²) in [6, 6.07) is 7.45. The average Bonchev–Trinajstić information content (AvgIpc) is 2.63. The zero-order valence-electron chi connectivity index (χ0n) is 14.4. The number of benzene rings is 1. The molecule has 2 heterocycles. The Kier molecular flexibility index (Phi) is 5.33. The van der Waals surface area contributed by atoms with E-state index in [4.69, 9.17) is 0 Å². The van der Waals surface area contributed by atoms with Gasteiger partial charge in [-0.1, -0.05) is 24.3 Å². The van der Waals surface area contributed by atoms with Crippen LogP contribution in [0.5, 0.6) is 0 Å². The lowest BCUT2D eigenvalue weighted by Crippen LogP contribution is -2.59. The Balaban J connectivity index is 1.65. The third-order valence-corrected chi connectivity index (χ3v) is 4.81. The molecule has 0 saturated carbocycles. The Labute approximate surface area is 146 Å². The van der Waals surface area contributed by atoms with Crippen LogP contribution in [0.25, 0.3) is 0 Å². The maximum atomic E-state index is 12.8. The predicted molar refractivity (Wildman–Crippen MR) is 90.6 cm³/mol. The highest BCUT2D eigenvalue weighted by atomic mass is 16.5. The maximum Gasteiger partial charge on any atom is 0.308 e. The zero-order valence-corrected chi connectivity index (χ0v) is 14.4. The molecule has 3 rings (SSSR count). The highest BCUT2D eigenvalue weighted by Crippen LogP contribution is 2.19. The van der Waals surface area contributed by atoms with Crippen molar-refractivity contribution in [1.82, 2.24) is 15.1 Å². The van der Waals surface area contributed by atoms with E-state index < -0.39 is 12.0 Å². The van der Waals surface area contributed by atoms with Gasteiger partial charge in [0, 0.05) is 26.2 Å². The van der Waals surface area contributed by atoms with Crippen LogP contribution in [0.4, 0.5) is 0 Å². The number of nitrogens with zero attached hydrogens (tertiary/aromatic N) is 2. The first-order chi connectivity index (χ1) is 12.1. The summed E-state index contributed by atoms with van der Waals surface area (Å²) in [4.78, 5) is 40.0.